The van der Waals surface area contributed by atoms with Gasteiger partial charge >= 0.3 is 0 Å². The first-order valence-electron chi connectivity index (χ1n) is 20.3. The van der Waals surface area contributed by atoms with Crippen molar-refractivity contribution in [1.82, 2.24) is 0 Å². The first-order valence-corrected chi connectivity index (χ1v) is 21.2. The Labute approximate surface area is 328 Å². The van der Waals surface area contributed by atoms with Crippen LogP contribution < -0.4 is 25.5 Å². The summed E-state index contributed by atoms with van der Waals surface area (Å²) in [4.78, 5) is 5.27. The van der Waals surface area contributed by atoms with E-state index in [1.807, 2.05) is 11.3 Å². The first-order chi connectivity index (χ1) is 25.7. The van der Waals surface area contributed by atoms with Crippen molar-refractivity contribution < 1.29 is 0 Å². The zero-order valence-electron chi connectivity index (χ0n) is 33.8. The Bertz CT molecular complexity index is 2370. The lowest BCUT2D eigenvalue weighted by molar-refractivity contribution is 0.444. The Morgan fingerprint density at radius 2 is 1.09 bits per heavy atom. The number of para-hydroxylation sites is 1. The molecule has 2 aliphatic heterocycles. The van der Waals surface area contributed by atoms with Crippen LogP contribution in [0.3, 0.4) is 0 Å². The van der Waals surface area contributed by atoms with Gasteiger partial charge in [0.2, 0.25) is 0 Å². The molecule has 4 heteroatoms. The Hall–Kier alpha value is -4.28. The van der Waals surface area contributed by atoms with E-state index in [1.165, 1.54) is 114 Å². The number of anilines is 6. The quantitative estimate of drug-likeness (QED) is 0.167. The van der Waals surface area contributed by atoms with Crippen LogP contribution in [0.25, 0.3) is 10.1 Å². The van der Waals surface area contributed by atoms with Crippen molar-refractivity contribution in [3.8, 4) is 0 Å². The molecule has 1 aliphatic carbocycles. The summed E-state index contributed by atoms with van der Waals surface area (Å²) < 4.78 is 2.81. The third-order valence-electron chi connectivity index (χ3n) is 12.5. The predicted molar refractivity (Wildman–Crippen MR) is 238 cm³/mol. The molecule has 3 aliphatic rings. The largest absolute Gasteiger partial charge is 0.311 e. The van der Waals surface area contributed by atoms with Crippen LogP contribution in [0.1, 0.15) is 123 Å². The summed E-state index contributed by atoms with van der Waals surface area (Å²) >= 11 is 2.00. The van der Waals surface area contributed by atoms with E-state index in [2.05, 4.69) is 175 Å². The minimum absolute atomic E-state index is 0.0522. The molecule has 0 N–H and O–H groups in total. The predicted octanol–water partition coefficient (Wildman–Crippen LogP) is 12.9. The third kappa shape index (κ3) is 5.83. The molecule has 2 nitrogen and oxygen atoms in total. The number of nitrogens with zero attached hydrogens (tertiary/aromatic N) is 2. The molecule has 5 aromatic carbocycles. The maximum Gasteiger partial charge on any atom is 0.264 e. The number of thiophene rings is 1. The van der Waals surface area contributed by atoms with Gasteiger partial charge in [-0.3, -0.25) is 0 Å². The maximum absolute atomic E-state index is 2.67. The fourth-order valence-electron chi connectivity index (χ4n) is 9.36. The molecular weight excluding hydrogens is 671 g/mol. The second-order valence-electron chi connectivity index (χ2n) is 19.3. The SMILES string of the molecule is CC(C)(C)c1ccc(N2c3ccccc3B3c4sc5ccc(C(C)(C)C)cc5c4N(c4ccc(C(C)(C)C)cc4)c4cc(C5CCCCC5)cc2c43)cc1. The molecule has 1 fully saturated rings. The highest BCUT2D eigenvalue weighted by molar-refractivity contribution is 7.33. The topological polar surface area (TPSA) is 6.48 Å². The van der Waals surface area contributed by atoms with Crippen LogP contribution in [-0.4, -0.2) is 6.71 Å². The van der Waals surface area contributed by atoms with Crippen molar-refractivity contribution in [2.75, 3.05) is 9.80 Å². The molecule has 0 unspecified atom stereocenters. The van der Waals surface area contributed by atoms with Gasteiger partial charge in [0.25, 0.3) is 6.71 Å². The summed E-state index contributed by atoms with van der Waals surface area (Å²) in [6.07, 6.45) is 6.50. The fraction of sp³-hybridized carbons (Fsp3) is 0.360. The van der Waals surface area contributed by atoms with Gasteiger partial charge in [0, 0.05) is 43.3 Å². The number of hydrogen-bond acceptors (Lipinski definition) is 3. The van der Waals surface area contributed by atoms with Crippen molar-refractivity contribution in [3.63, 3.8) is 0 Å². The highest BCUT2D eigenvalue weighted by atomic mass is 32.1. The van der Waals surface area contributed by atoms with E-state index in [9.17, 15) is 0 Å². The normalized spacial score (nSPS) is 16.1. The summed E-state index contributed by atoms with van der Waals surface area (Å²) in [5, 5.41) is 1.37. The van der Waals surface area contributed by atoms with Gasteiger partial charge in [-0.15, -0.1) is 11.3 Å². The fourth-order valence-corrected chi connectivity index (χ4v) is 10.7. The van der Waals surface area contributed by atoms with E-state index in [1.54, 1.807) is 0 Å². The second-order valence-corrected chi connectivity index (χ2v) is 20.4. The van der Waals surface area contributed by atoms with Gasteiger partial charge < -0.3 is 9.80 Å². The Balaban J connectivity index is 1.37. The maximum atomic E-state index is 2.67. The molecule has 3 heterocycles. The Kier molecular flexibility index (Phi) is 8.29. The van der Waals surface area contributed by atoms with E-state index in [-0.39, 0.29) is 23.0 Å². The summed E-state index contributed by atoms with van der Waals surface area (Å²) in [6.45, 7) is 21.0. The average Bonchev–Trinajstić information content (AvgIpc) is 3.52. The lowest BCUT2D eigenvalue weighted by Crippen LogP contribution is -2.60. The molecule has 0 amide bonds. The van der Waals surface area contributed by atoms with Crippen LogP contribution in [0.15, 0.2) is 103 Å². The molecule has 1 saturated carbocycles. The molecule has 0 saturated heterocycles. The monoisotopic (exact) mass is 726 g/mol. The van der Waals surface area contributed by atoms with E-state index >= 15 is 0 Å². The molecule has 9 rings (SSSR count). The Morgan fingerprint density at radius 1 is 0.556 bits per heavy atom. The minimum atomic E-state index is 0.0522. The van der Waals surface area contributed by atoms with Gasteiger partial charge in [-0.1, -0.05) is 130 Å². The molecule has 6 aromatic rings. The van der Waals surface area contributed by atoms with Crippen LogP contribution in [0.2, 0.25) is 0 Å². The zero-order valence-corrected chi connectivity index (χ0v) is 34.6. The van der Waals surface area contributed by atoms with Crippen LogP contribution in [-0.2, 0) is 16.2 Å². The van der Waals surface area contributed by atoms with Crippen molar-refractivity contribution in [1.29, 1.82) is 0 Å². The molecule has 0 radical (unpaired) electrons. The molecule has 0 spiro atoms. The first kappa shape index (κ1) is 35.4. The minimum Gasteiger partial charge on any atom is -0.311 e. The van der Waals surface area contributed by atoms with E-state index in [0.29, 0.717) is 5.92 Å². The molecule has 0 atom stereocenters. The van der Waals surface area contributed by atoms with Crippen molar-refractivity contribution in [2.45, 2.75) is 117 Å². The molecule has 54 heavy (non-hydrogen) atoms. The van der Waals surface area contributed by atoms with Gasteiger partial charge in [-0.25, -0.2) is 0 Å². The van der Waals surface area contributed by atoms with Gasteiger partial charge in [0.05, 0.1) is 5.69 Å². The van der Waals surface area contributed by atoms with Crippen molar-refractivity contribution in [2.24, 2.45) is 0 Å². The van der Waals surface area contributed by atoms with Crippen molar-refractivity contribution in [3.05, 3.63) is 125 Å². The van der Waals surface area contributed by atoms with Gasteiger partial charge in [-0.05, 0) is 123 Å². The van der Waals surface area contributed by atoms with E-state index in [4.69, 9.17) is 0 Å². The highest BCUT2D eigenvalue weighted by Gasteiger charge is 2.46. The second kappa shape index (κ2) is 12.6. The zero-order chi connectivity index (χ0) is 37.7. The van der Waals surface area contributed by atoms with Crippen LogP contribution in [0.5, 0.6) is 0 Å². The van der Waals surface area contributed by atoms with Gasteiger partial charge in [-0.2, -0.15) is 0 Å². The summed E-state index contributed by atoms with van der Waals surface area (Å²) in [7, 11) is 0. The third-order valence-corrected chi connectivity index (χ3v) is 13.7. The Morgan fingerprint density at radius 3 is 1.69 bits per heavy atom. The highest BCUT2D eigenvalue weighted by Crippen LogP contribution is 2.50. The van der Waals surface area contributed by atoms with Crippen LogP contribution in [0, 0.1) is 0 Å². The average molecular weight is 727 g/mol. The molecule has 274 valence electrons. The number of hydrogen-bond donors (Lipinski definition) is 0. The smallest absolute Gasteiger partial charge is 0.264 e. The lowest BCUT2D eigenvalue weighted by atomic mass is 9.36. The summed E-state index contributed by atoms with van der Waals surface area (Å²) in [5.74, 6) is 0.569. The summed E-state index contributed by atoms with van der Waals surface area (Å²) in [6, 6.07) is 40.7. The van der Waals surface area contributed by atoms with E-state index in [0.717, 1.165) is 0 Å². The number of rotatable bonds is 3. The van der Waals surface area contributed by atoms with E-state index < -0.39 is 0 Å². The number of benzene rings is 5. The van der Waals surface area contributed by atoms with Crippen LogP contribution >= 0.6 is 11.3 Å². The van der Waals surface area contributed by atoms with Crippen LogP contribution in [0.4, 0.5) is 34.1 Å². The number of fused-ring (bicyclic) bond motifs is 6. The van der Waals surface area contributed by atoms with Crippen molar-refractivity contribution >= 4 is 78.0 Å². The molecule has 1 aromatic heterocycles. The lowest BCUT2D eigenvalue weighted by Gasteiger charge is -2.44. The standard InChI is InChI=1S/C50H55BN2S/c1-48(2,3)34-19-24-37(25-20-34)52-41-18-14-13-17-40(41)51-45-42(52)29-33(32-15-11-10-12-16-32)30-43(45)53(38-26-21-35(22-27-38)49(4,5)6)46-39-31-36(50(7,8)9)23-28-44(39)54-47(46)51/h13-14,17-32H,10-12,15-16H2,1-9H3. The van der Waals surface area contributed by atoms with Gasteiger partial charge in [0.15, 0.2) is 0 Å². The molecular formula is C50H55BN2S. The molecule has 0 bridgehead atoms. The van der Waals surface area contributed by atoms with Gasteiger partial charge in [0.1, 0.15) is 0 Å². The summed E-state index contributed by atoms with van der Waals surface area (Å²) in [5.41, 5.74) is 16.5.